The number of esters is 1. The van der Waals surface area contributed by atoms with E-state index in [1.807, 2.05) is 21.1 Å². The summed E-state index contributed by atoms with van der Waals surface area (Å²) in [4.78, 5) is 23.1. The van der Waals surface area contributed by atoms with Crippen LogP contribution in [-0.4, -0.2) is 55.3 Å². The Labute approximate surface area is 211 Å². The van der Waals surface area contributed by atoms with Crippen molar-refractivity contribution in [3.05, 3.63) is 0 Å². The highest BCUT2D eigenvalue weighted by Crippen LogP contribution is 2.16. The van der Waals surface area contributed by atoms with Crippen LogP contribution >= 0.6 is 0 Å². The molecule has 2 unspecified atom stereocenters. The lowest BCUT2D eigenvalue weighted by Crippen LogP contribution is -2.43. The zero-order chi connectivity index (χ0) is 25.7. The van der Waals surface area contributed by atoms with Gasteiger partial charge in [-0.05, 0) is 12.3 Å². The van der Waals surface area contributed by atoms with Gasteiger partial charge in [0, 0.05) is 6.42 Å². The van der Waals surface area contributed by atoms with Crippen LogP contribution in [0.25, 0.3) is 0 Å². The van der Waals surface area contributed by atoms with Crippen LogP contribution in [0, 0.1) is 5.92 Å². The van der Waals surface area contributed by atoms with E-state index in [9.17, 15) is 9.59 Å². The number of carboxylic acids is 1. The molecular weight excluding hydrogens is 426 g/mol. The van der Waals surface area contributed by atoms with Crippen LogP contribution in [0.15, 0.2) is 0 Å². The number of ether oxygens (including phenoxy) is 1. The van der Waals surface area contributed by atoms with Crippen LogP contribution in [0.3, 0.4) is 0 Å². The molecule has 0 saturated heterocycles. The fourth-order valence-electron chi connectivity index (χ4n) is 4.46. The number of rotatable bonds is 24. The minimum Gasteiger partial charge on any atom is -0.481 e. The Morgan fingerprint density at radius 1 is 0.735 bits per heavy atom. The summed E-state index contributed by atoms with van der Waals surface area (Å²) < 4.78 is 6.01. The number of quaternary nitrogens is 1. The molecule has 0 spiro atoms. The number of carbonyl (C=O) groups excluding carboxylic acids is 1. The number of aliphatic carboxylic acids is 1. The van der Waals surface area contributed by atoms with Gasteiger partial charge in [-0.3, -0.25) is 9.59 Å². The zero-order valence-corrected chi connectivity index (χ0v) is 23.4. The van der Waals surface area contributed by atoms with E-state index in [-0.39, 0.29) is 12.4 Å². The smallest absolute Gasteiger partial charge is 0.307 e. The molecule has 0 saturated carbocycles. The predicted molar refractivity (Wildman–Crippen MR) is 143 cm³/mol. The summed E-state index contributed by atoms with van der Waals surface area (Å²) in [6.07, 6.45) is 22.0. The van der Waals surface area contributed by atoms with E-state index in [4.69, 9.17) is 9.84 Å². The van der Waals surface area contributed by atoms with E-state index >= 15 is 0 Å². The second kappa shape index (κ2) is 21.2. The largest absolute Gasteiger partial charge is 0.481 e. The average molecular weight is 485 g/mol. The van der Waals surface area contributed by atoms with Gasteiger partial charge in [0.05, 0.1) is 27.6 Å². The molecule has 0 amide bonds. The van der Waals surface area contributed by atoms with E-state index in [0.717, 1.165) is 18.8 Å². The molecule has 0 fully saturated rings. The standard InChI is InChI=1S/C29H57NO4/c1-6-26(2)22-20-18-16-14-12-10-8-7-9-11-13-15-17-19-21-23-29(33)34-27(24-28(31)32)25-30(3,4)5/h26-27H,6-25H2,1-5H3/p+1. The van der Waals surface area contributed by atoms with Crippen LogP contribution < -0.4 is 0 Å². The number of carbonyl (C=O) groups is 2. The summed E-state index contributed by atoms with van der Waals surface area (Å²) >= 11 is 0. The maximum atomic E-state index is 12.1. The van der Waals surface area contributed by atoms with Gasteiger partial charge in [-0.15, -0.1) is 0 Å². The molecule has 0 heterocycles. The van der Waals surface area contributed by atoms with E-state index in [1.165, 1.54) is 96.3 Å². The minimum absolute atomic E-state index is 0.125. The van der Waals surface area contributed by atoms with E-state index in [0.29, 0.717) is 17.4 Å². The fourth-order valence-corrected chi connectivity index (χ4v) is 4.46. The van der Waals surface area contributed by atoms with Gasteiger partial charge in [-0.25, -0.2) is 0 Å². The summed E-state index contributed by atoms with van der Waals surface area (Å²) in [7, 11) is 5.92. The monoisotopic (exact) mass is 484 g/mol. The van der Waals surface area contributed by atoms with Crippen molar-refractivity contribution < 1.29 is 23.9 Å². The van der Waals surface area contributed by atoms with Crippen LogP contribution in [-0.2, 0) is 14.3 Å². The lowest BCUT2D eigenvalue weighted by Gasteiger charge is -2.28. The van der Waals surface area contributed by atoms with Gasteiger partial charge in [0.15, 0.2) is 6.10 Å². The van der Waals surface area contributed by atoms with Crippen molar-refractivity contribution in [2.24, 2.45) is 5.92 Å². The predicted octanol–water partition coefficient (Wildman–Crippen LogP) is 7.76. The topological polar surface area (TPSA) is 63.6 Å². The zero-order valence-electron chi connectivity index (χ0n) is 23.4. The Bertz CT molecular complexity index is 501. The van der Waals surface area contributed by atoms with Crippen molar-refractivity contribution in [2.45, 2.75) is 142 Å². The minimum atomic E-state index is -0.922. The van der Waals surface area contributed by atoms with Gasteiger partial charge in [0.25, 0.3) is 0 Å². The SMILES string of the molecule is CCC(C)CCCCCCCCCCCCCCCCCC(=O)OC(CC(=O)O)C[N+](C)(C)C. The van der Waals surface area contributed by atoms with E-state index in [2.05, 4.69) is 13.8 Å². The molecule has 0 bridgehead atoms. The second-order valence-corrected chi connectivity index (χ2v) is 11.5. The second-order valence-electron chi connectivity index (χ2n) is 11.5. The Balaban J connectivity index is 3.48. The Morgan fingerprint density at radius 2 is 1.15 bits per heavy atom. The van der Waals surface area contributed by atoms with Gasteiger partial charge >= 0.3 is 11.9 Å². The van der Waals surface area contributed by atoms with E-state index < -0.39 is 12.1 Å². The number of hydrogen-bond donors (Lipinski definition) is 1. The molecule has 0 aliphatic heterocycles. The first kappa shape index (κ1) is 32.9. The Hall–Kier alpha value is -1.10. The normalized spacial score (nSPS) is 13.6. The molecule has 0 radical (unpaired) electrons. The van der Waals surface area contributed by atoms with Crippen molar-refractivity contribution in [3.63, 3.8) is 0 Å². The Kier molecular flexibility index (Phi) is 20.5. The van der Waals surface area contributed by atoms with Gasteiger partial charge in [-0.2, -0.15) is 0 Å². The molecule has 202 valence electrons. The summed E-state index contributed by atoms with van der Waals surface area (Å²) in [5, 5.41) is 9.04. The third-order valence-electron chi connectivity index (χ3n) is 6.73. The highest BCUT2D eigenvalue weighted by Gasteiger charge is 2.24. The summed E-state index contributed by atoms with van der Waals surface area (Å²) in [5.41, 5.74) is 0. The molecule has 5 heteroatoms. The van der Waals surface area contributed by atoms with Crippen LogP contribution in [0.2, 0.25) is 0 Å². The lowest BCUT2D eigenvalue weighted by molar-refractivity contribution is -0.873. The molecule has 34 heavy (non-hydrogen) atoms. The van der Waals surface area contributed by atoms with Gasteiger partial charge in [0.2, 0.25) is 0 Å². The van der Waals surface area contributed by atoms with Crippen molar-refractivity contribution in [3.8, 4) is 0 Å². The number of hydrogen-bond acceptors (Lipinski definition) is 3. The molecule has 0 aromatic rings. The third-order valence-corrected chi connectivity index (χ3v) is 6.73. The quantitative estimate of drug-likeness (QED) is 0.0863. The highest BCUT2D eigenvalue weighted by atomic mass is 16.5. The van der Waals surface area contributed by atoms with Crippen molar-refractivity contribution in [1.29, 1.82) is 0 Å². The first-order valence-corrected chi connectivity index (χ1v) is 14.4. The van der Waals surface area contributed by atoms with Crippen molar-refractivity contribution in [1.82, 2.24) is 0 Å². The fraction of sp³-hybridized carbons (Fsp3) is 0.931. The van der Waals surface area contributed by atoms with Crippen LogP contribution in [0.1, 0.15) is 136 Å². The lowest BCUT2D eigenvalue weighted by atomic mass is 9.99. The van der Waals surface area contributed by atoms with Gasteiger partial charge in [-0.1, -0.05) is 117 Å². The number of unbranched alkanes of at least 4 members (excludes halogenated alkanes) is 14. The number of nitrogens with zero attached hydrogens (tertiary/aromatic N) is 1. The maximum absolute atomic E-state index is 12.1. The van der Waals surface area contributed by atoms with Crippen LogP contribution in [0.4, 0.5) is 0 Å². The molecule has 2 atom stereocenters. The summed E-state index contributed by atoms with van der Waals surface area (Å²) in [6.45, 7) is 5.18. The van der Waals surface area contributed by atoms with Gasteiger partial charge in [0.1, 0.15) is 6.54 Å². The van der Waals surface area contributed by atoms with Gasteiger partial charge < -0.3 is 14.3 Å². The average Bonchev–Trinajstić information content (AvgIpc) is 2.73. The molecule has 0 aromatic heterocycles. The molecule has 0 rings (SSSR count). The third kappa shape index (κ3) is 24.0. The first-order valence-electron chi connectivity index (χ1n) is 14.4. The molecule has 0 aliphatic carbocycles. The molecule has 5 nitrogen and oxygen atoms in total. The number of carboxylic acid groups (broad SMARTS) is 1. The first-order chi connectivity index (χ1) is 16.1. The highest BCUT2D eigenvalue weighted by molar-refractivity contribution is 5.71. The molecular formula is C29H58NO4+. The summed E-state index contributed by atoms with van der Waals surface area (Å²) in [6, 6.07) is 0. The van der Waals surface area contributed by atoms with Crippen molar-refractivity contribution in [2.75, 3.05) is 27.7 Å². The van der Waals surface area contributed by atoms with E-state index in [1.54, 1.807) is 0 Å². The van der Waals surface area contributed by atoms with Crippen molar-refractivity contribution >= 4 is 11.9 Å². The molecule has 1 N–H and O–H groups in total. The molecule has 0 aromatic carbocycles. The van der Waals surface area contributed by atoms with Crippen LogP contribution in [0.5, 0.6) is 0 Å². The maximum Gasteiger partial charge on any atom is 0.307 e. The summed E-state index contributed by atoms with van der Waals surface area (Å²) in [5.74, 6) is -0.272. The molecule has 0 aliphatic rings. The Morgan fingerprint density at radius 3 is 1.53 bits per heavy atom. The number of likely N-dealkylation sites (N-methyl/N-ethyl adjacent to an activating group) is 1.